The van der Waals surface area contributed by atoms with E-state index >= 15 is 4.39 Å². The van der Waals surface area contributed by atoms with Gasteiger partial charge in [0.1, 0.15) is 23.0 Å². The first kappa shape index (κ1) is 28.1. The molecule has 216 valence electrons. The fraction of sp³-hybridized carbons (Fsp3) is 0.310. The lowest BCUT2D eigenvalue weighted by molar-refractivity contribution is -0.139. The Morgan fingerprint density at radius 2 is 1.66 bits per heavy atom. The molecular weight excluding hydrogens is 544 g/mol. The lowest BCUT2D eigenvalue weighted by atomic mass is 9.96. The van der Waals surface area contributed by atoms with E-state index in [4.69, 9.17) is 9.47 Å². The van der Waals surface area contributed by atoms with Crippen LogP contribution < -0.4 is 19.3 Å². The molecule has 0 amide bonds. The molecule has 3 aromatic carbocycles. The molecule has 12 heteroatoms. The molecule has 1 unspecified atom stereocenters. The molecule has 0 bridgehead atoms. The van der Waals surface area contributed by atoms with Gasteiger partial charge in [-0.1, -0.05) is 18.2 Å². The van der Waals surface area contributed by atoms with Crippen molar-refractivity contribution < 1.29 is 36.9 Å². The van der Waals surface area contributed by atoms with Gasteiger partial charge in [-0.05, 0) is 36.4 Å². The number of para-hydroxylation sites is 1. The third-order valence-electron chi connectivity index (χ3n) is 7.23. The second-order valence-electron chi connectivity index (χ2n) is 9.63. The van der Waals surface area contributed by atoms with Crippen LogP contribution in [0.25, 0.3) is 0 Å². The topological polar surface area (TPSA) is 77.8 Å². The Balaban J connectivity index is 1.58. The van der Waals surface area contributed by atoms with Crippen LogP contribution in [0.3, 0.4) is 0 Å². The number of aliphatic carboxylic acids is 1. The number of ether oxygens (including phenoxy) is 2. The molecule has 0 radical (unpaired) electrons. The van der Waals surface area contributed by atoms with Gasteiger partial charge in [0, 0.05) is 49.2 Å². The van der Waals surface area contributed by atoms with Crippen LogP contribution in [0.2, 0.25) is 0 Å². The van der Waals surface area contributed by atoms with Crippen LogP contribution in [0.1, 0.15) is 23.6 Å². The zero-order valence-corrected chi connectivity index (χ0v) is 22.4. The molecule has 1 atom stereocenters. The van der Waals surface area contributed by atoms with E-state index in [0.717, 1.165) is 18.9 Å². The van der Waals surface area contributed by atoms with Gasteiger partial charge in [-0.2, -0.15) is 13.2 Å². The van der Waals surface area contributed by atoms with E-state index in [9.17, 15) is 23.1 Å². The normalized spacial score (nSPS) is 17.2. The number of carboxylic acids is 1. The molecule has 0 spiro atoms. The summed E-state index contributed by atoms with van der Waals surface area (Å²) in [6, 6.07) is 14.3. The molecular formula is C29H28F4N4O4. The lowest BCUT2D eigenvalue weighted by Crippen LogP contribution is -2.55. The first-order chi connectivity index (χ1) is 19.6. The Morgan fingerprint density at radius 1 is 0.951 bits per heavy atom. The fourth-order valence-electron chi connectivity index (χ4n) is 5.28. The predicted octanol–water partition coefficient (Wildman–Crippen LogP) is 5.71. The number of halogens is 4. The summed E-state index contributed by atoms with van der Waals surface area (Å²) in [5, 5.41) is 9.80. The Bertz CT molecular complexity index is 1470. The first-order valence-electron chi connectivity index (χ1n) is 12.9. The van der Waals surface area contributed by atoms with Gasteiger partial charge in [0.25, 0.3) is 0 Å². The van der Waals surface area contributed by atoms with Crippen molar-refractivity contribution >= 4 is 29.0 Å². The summed E-state index contributed by atoms with van der Waals surface area (Å²) in [7, 11) is 2.73. The number of hydrogen-bond donors (Lipinski definition) is 1. The summed E-state index contributed by atoms with van der Waals surface area (Å²) in [6.45, 7) is 1.87. The van der Waals surface area contributed by atoms with E-state index in [1.165, 1.54) is 29.2 Å². The second-order valence-corrected chi connectivity index (χ2v) is 9.63. The molecule has 5 rings (SSSR count). The highest BCUT2D eigenvalue weighted by Crippen LogP contribution is 2.45. The van der Waals surface area contributed by atoms with Crippen molar-refractivity contribution in [3.8, 4) is 11.5 Å². The molecule has 3 aromatic rings. The molecule has 2 aliphatic heterocycles. The molecule has 41 heavy (non-hydrogen) atoms. The van der Waals surface area contributed by atoms with E-state index in [2.05, 4.69) is 9.89 Å². The van der Waals surface area contributed by atoms with Crippen LogP contribution in [-0.4, -0.2) is 62.3 Å². The molecule has 2 aliphatic rings. The fourth-order valence-corrected chi connectivity index (χ4v) is 5.28. The zero-order chi connectivity index (χ0) is 29.3. The third kappa shape index (κ3) is 5.59. The van der Waals surface area contributed by atoms with Crippen molar-refractivity contribution in [3.05, 3.63) is 77.6 Å². The minimum absolute atomic E-state index is 0.0234. The summed E-state index contributed by atoms with van der Waals surface area (Å²) in [6.07, 6.45) is -5.23. The number of benzene rings is 3. The Morgan fingerprint density at radius 3 is 2.32 bits per heavy atom. The molecule has 0 aliphatic carbocycles. The maximum atomic E-state index is 15.0. The van der Waals surface area contributed by atoms with Crippen LogP contribution in [0.4, 0.5) is 34.6 Å². The van der Waals surface area contributed by atoms with Crippen molar-refractivity contribution in [2.45, 2.75) is 18.6 Å². The molecule has 1 saturated heterocycles. The lowest BCUT2D eigenvalue weighted by Gasteiger charge is -2.45. The van der Waals surface area contributed by atoms with E-state index in [-0.39, 0.29) is 28.6 Å². The van der Waals surface area contributed by atoms with Gasteiger partial charge in [-0.15, -0.1) is 0 Å². The van der Waals surface area contributed by atoms with Gasteiger partial charge in [-0.3, -0.25) is 4.79 Å². The highest BCUT2D eigenvalue weighted by atomic mass is 19.4. The van der Waals surface area contributed by atoms with E-state index < -0.39 is 36.0 Å². The zero-order valence-electron chi connectivity index (χ0n) is 22.4. The third-order valence-corrected chi connectivity index (χ3v) is 7.23. The Hall–Kier alpha value is -4.48. The van der Waals surface area contributed by atoms with Crippen LogP contribution in [0, 0.1) is 5.82 Å². The summed E-state index contributed by atoms with van der Waals surface area (Å²) in [5.41, 5.74) is 0.240. The summed E-state index contributed by atoms with van der Waals surface area (Å²) in [4.78, 5) is 22.0. The highest BCUT2D eigenvalue weighted by molar-refractivity contribution is 6.01. The molecule has 1 fully saturated rings. The van der Waals surface area contributed by atoms with Crippen molar-refractivity contribution in [2.75, 3.05) is 50.2 Å². The van der Waals surface area contributed by atoms with Gasteiger partial charge < -0.3 is 29.3 Å². The second kappa shape index (κ2) is 11.2. The van der Waals surface area contributed by atoms with Gasteiger partial charge in [0.15, 0.2) is 0 Å². The number of methoxy groups -OCH3 is 2. The van der Waals surface area contributed by atoms with Crippen molar-refractivity contribution in [2.24, 2.45) is 4.99 Å². The maximum absolute atomic E-state index is 15.0. The van der Waals surface area contributed by atoms with Gasteiger partial charge in [0.05, 0.1) is 32.2 Å². The number of carboxylic acid groups (broad SMARTS) is 1. The number of aliphatic imine (C=N–C) groups is 1. The average molecular weight is 573 g/mol. The number of hydrogen-bond acceptors (Lipinski definition) is 7. The number of rotatable bonds is 6. The van der Waals surface area contributed by atoms with Crippen molar-refractivity contribution in [3.63, 3.8) is 0 Å². The largest absolute Gasteiger partial charge is 0.497 e. The van der Waals surface area contributed by atoms with Crippen LogP contribution in [-0.2, 0) is 11.0 Å². The van der Waals surface area contributed by atoms with E-state index in [0.29, 0.717) is 31.9 Å². The van der Waals surface area contributed by atoms with E-state index in [1.54, 1.807) is 13.2 Å². The van der Waals surface area contributed by atoms with Crippen LogP contribution in [0.5, 0.6) is 11.5 Å². The van der Waals surface area contributed by atoms with Gasteiger partial charge >= 0.3 is 12.1 Å². The molecule has 2 heterocycles. The van der Waals surface area contributed by atoms with Gasteiger partial charge in [-0.25, -0.2) is 9.38 Å². The number of nitrogens with zero attached hydrogens (tertiary/aromatic N) is 4. The Kier molecular flexibility index (Phi) is 7.65. The minimum atomic E-state index is -4.73. The number of piperazine rings is 1. The Labute approximate surface area is 234 Å². The number of alkyl halides is 3. The van der Waals surface area contributed by atoms with Crippen LogP contribution >= 0.6 is 0 Å². The van der Waals surface area contributed by atoms with E-state index in [1.807, 2.05) is 29.2 Å². The number of anilines is 2. The molecule has 1 N–H and O–H groups in total. The summed E-state index contributed by atoms with van der Waals surface area (Å²) < 4.78 is 67.3. The predicted molar refractivity (Wildman–Crippen MR) is 146 cm³/mol. The molecule has 0 aromatic heterocycles. The monoisotopic (exact) mass is 572 g/mol. The SMILES string of the molecule is COc1cccc(N2CCN(C3=Nc4c(F)cccc4C(CC(=O)O)N3c3ccc(OC)c(C(F)(F)F)c3)CC2)c1. The first-order valence-corrected chi connectivity index (χ1v) is 12.9. The number of guanidine groups is 1. The average Bonchev–Trinajstić information content (AvgIpc) is 2.96. The molecule has 0 saturated carbocycles. The number of fused-ring (bicyclic) bond motifs is 1. The van der Waals surface area contributed by atoms with Crippen LogP contribution in [0.15, 0.2) is 65.7 Å². The molecule has 8 nitrogen and oxygen atoms in total. The van der Waals surface area contributed by atoms with Gasteiger partial charge in [0.2, 0.25) is 5.96 Å². The number of carbonyl (C=O) groups is 1. The summed E-state index contributed by atoms with van der Waals surface area (Å²) in [5.74, 6) is -1.32. The van der Waals surface area contributed by atoms with Crippen molar-refractivity contribution in [1.82, 2.24) is 4.90 Å². The van der Waals surface area contributed by atoms with Crippen molar-refractivity contribution in [1.29, 1.82) is 0 Å². The quantitative estimate of drug-likeness (QED) is 0.380. The standard InChI is InChI=1S/C29H28F4N4O4/c1-40-20-6-3-5-18(15-20)35-11-13-36(14-12-35)28-34-27-21(7-4-8-23(27)30)24(17-26(38)39)37(28)19-9-10-25(41-2)22(16-19)29(31,32)33/h3-10,15-16,24H,11-14,17H2,1-2H3,(H,38,39). The minimum Gasteiger partial charge on any atom is -0.497 e. The summed E-state index contributed by atoms with van der Waals surface area (Å²) >= 11 is 0. The maximum Gasteiger partial charge on any atom is 0.420 e. The highest BCUT2D eigenvalue weighted by Gasteiger charge is 2.40. The smallest absolute Gasteiger partial charge is 0.420 e.